The molecule has 86 valence electrons. The van der Waals surface area contributed by atoms with Gasteiger partial charge in [-0.2, -0.15) is 0 Å². The Hall–Kier alpha value is 0.0500. The lowest BCUT2D eigenvalue weighted by atomic mass is 10.4. The average molecular weight is 314 g/mol. The van der Waals surface area contributed by atoms with E-state index in [1.165, 1.54) is 6.07 Å². The molecule has 0 radical (unpaired) electrons. The van der Waals surface area contributed by atoms with E-state index >= 15 is 0 Å². The average Bonchev–Trinajstić information content (AvgIpc) is 2.51. The molecule has 7 heteroatoms. The largest absolute Gasteiger partial charge is 0.391 e. The van der Waals surface area contributed by atoms with Crippen molar-refractivity contribution in [1.82, 2.24) is 5.32 Å². The van der Waals surface area contributed by atoms with Gasteiger partial charge in [0.05, 0.1) is 15.6 Å². The Labute approximate surface area is 101 Å². The fourth-order valence-electron chi connectivity index (χ4n) is 1.09. The predicted molar refractivity (Wildman–Crippen MR) is 64.0 cm³/mol. The summed E-state index contributed by atoms with van der Waals surface area (Å²) >= 11 is 4.35. The highest BCUT2D eigenvalue weighted by molar-refractivity contribution is 9.11. The van der Waals surface area contributed by atoms with E-state index in [0.717, 1.165) is 15.1 Å². The summed E-state index contributed by atoms with van der Waals surface area (Å²) in [5.74, 6) is -0.249. The summed E-state index contributed by atoms with van der Waals surface area (Å²) in [6.07, 6.45) is -0.874. The molecule has 0 saturated heterocycles. The summed E-state index contributed by atoms with van der Waals surface area (Å²) < 4.78 is 24.5. The monoisotopic (exact) mass is 313 g/mol. The van der Waals surface area contributed by atoms with Gasteiger partial charge in [0.1, 0.15) is 4.21 Å². The number of nitrogens with one attached hydrogen (secondary N) is 1. The van der Waals surface area contributed by atoms with Crippen LogP contribution in [-0.4, -0.2) is 39.0 Å². The lowest BCUT2D eigenvalue weighted by Crippen LogP contribution is -2.30. The third kappa shape index (κ3) is 3.84. The van der Waals surface area contributed by atoms with Crippen LogP contribution < -0.4 is 5.32 Å². The number of hydrogen-bond donors (Lipinski definition) is 2. The minimum absolute atomic E-state index is 0.249. The van der Waals surface area contributed by atoms with Gasteiger partial charge in [-0.05, 0) is 35.1 Å². The number of hydrogen-bond acceptors (Lipinski definition) is 5. The Morgan fingerprint density at radius 3 is 2.73 bits per heavy atom. The molecule has 0 amide bonds. The second-order valence-corrected chi connectivity index (χ2v) is 7.78. The maximum absolute atomic E-state index is 11.7. The Morgan fingerprint density at radius 1 is 1.60 bits per heavy atom. The second kappa shape index (κ2) is 5.40. The SMILES string of the molecule is CNCC(O)CS(=O)(=O)c1ccc(Br)s1. The molecule has 0 bridgehead atoms. The van der Waals surface area contributed by atoms with Gasteiger partial charge in [0.25, 0.3) is 0 Å². The highest BCUT2D eigenvalue weighted by atomic mass is 79.9. The molecule has 0 saturated carbocycles. The van der Waals surface area contributed by atoms with Crippen molar-refractivity contribution >= 4 is 37.1 Å². The molecule has 0 aliphatic carbocycles. The highest BCUT2D eigenvalue weighted by Gasteiger charge is 2.20. The molecule has 0 aromatic carbocycles. The first-order chi connectivity index (χ1) is 6.95. The summed E-state index contributed by atoms with van der Waals surface area (Å²) in [4.78, 5) is 0. The van der Waals surface area contributed by atoms with Crippen molar-refractivity contribution in [1.29, 1.82) is 0 Å². The van der Waals surface area contributed by atoms with Gasteiger partial charge in [0, 0.05) is 6.54 Å². The minimum atomic E-state index is -3.36. The van der Waals surface area contributed by atoms with Crippen LogP contribution in [0.1, 0.15) is 0 Å². The Morgan fingerprint density at radius 2 is 2.27 bits per heavy atom. The molecule has 1 atom stereocenters. The van der Waals surface area contributed by atoms with E-state index in [1.54, 1.807) is 13.1 Å². The summed E-state index contributed by atoms with van der Waals surface area (Å²) in [7, 11) is -1.70. The first kappa shape index (κ1) is 13.1. The van der Waals surface area contributed by atoms with Gasteiger partial charge in [-0.25, -0.2) is 8.42 Å². The molecule has 0 aliphatic rings. The molecule has 4 nitrogen and oxygen atoms in total. The molecular formula is C8H12BrNO3S2. The molecule has 15 heavy (non-hydrogen) atoms. The number of halogens is 1. The lowest BCUT2D eigenvalue weighted by Gasteiger charge is -2.08. The summed E-state index contributed by atoms with van der Waals surface area (Å²) in [5, 5.41) is 12.1. The third-order valence-electron chi connectivity index (χ3n) is 1.71. The van der Waals surface area contributed by atoms with Gasteiger partial charge in [-0.1, -0.05) is 0 Å². The van der Waals surface area contributed by atoms with E-state index in [2.05, 4.69) is 21.2 Å². The molecule has 1 aromatic rings. The van der Waals surface area contributed by atoms with E-state index in [4.69, 9.17) is 0 Å². The lowest BCUT2D eigenvalue weighted by molar-refractivity contribution is 0.197. The van der Waals surface area contributed by atoms with Crippen molar-refractivity contribution in [3.8, 4) is 0 Å². The highest BCUT2D eigenvalue weighted by Crippen LogP contribution is 2.27. The van der Waals surface area contributed by atoms with Gasteiger partial charge >= 0.3 is 0 Å². The van der Waals surface area contributed by atoms with Crippen molar-refractivity contribution in [2.45, 2.75) is 10.3 Å². The van der Waals surface area contributed by atoms with E-state index < -0.39 is 15.9 Å². The molecule has 0 spiro atoms. The Bertz CT molecular complexity index is 415. The summed E-state index contributed by atoms with van der Waals surface area (Å²) in [6, 6.07) is 3.22. The zero-order chi connectivity index (χ0) is 11.5. The first-order valence-electron chi connectivity index (χ1n) is 4.26. The first-order valence-corrected chi connectivity index (χ1v) is 7.52. The van der Waals surface area contributed by atoms with Gasteiger partial charge in [0.2, 0.25) is 0 Å². The number of aliphatic hydroxyl groups is 1. The second-order valence-electron chi connectivity index (χ2n) is 3.05. The normalized spacial score (nSPS) is 14.1. The maximum Gasteiger partial charge on any atom is 0.190 e. The molecule has 1 rings (SSSR count). The van der Waals surface area contributed by atoms with Crippen LogP contribution in [0, 0.1) is 0 Å². The predicted octanol–water partition coefficient (Wildman–Crippen LogP) is 0.865. The molecule has 0 aliphatic heterocycles. The summed E-state index contributed by atoms with van der Waals surface area (Å²) in [5.41, 5.74) is 0. The standard InChI is InChI=1S/C8H12BrNO3S2/c1-10-4-6(11)5-15(12,13)8-3-2-7(9)14-8/h2-3,6,10-11H,4-5H2,1H3. The van der Waals surface area contributed by atoms with E-state index in [0.29, 0.717) is 0 Å². The van der Waals surface area contributed by atoms with Crippen LogP contribution in [0.15, 0.2) is 20.1 Å². The van der Waals surface area contributed by atoms with Crippen LogP contribution in [0.25, 0.3) is 0 Å². The zero-order valence-electron chi connectivity index (χ0n) is 8.10. The van der Waals surface area contributed by atoms with E-state index in [1.807, 2.05) is 0 Å². The van der Waals surface area contributed by atoms with Crippen LogP contribution in [0.5, 0.6) is 0 Å². The van der Waals surface area contributed by atoms with Crippen molar-refractivity contribution in [2.24, 2.45) is 0 Å². The molecule has 1 heterocycles. The minimum Gasteiger partial charge on any atom is -0.391 e. The number of thiophene rings is 1. The van der Waals surface area contributed by atoms with Gasteiger partial charge in [-0.15, -0.1) is 11.3 Å². The van der Waals surface area contributed by atoms with E-state index in [-0.39, 0.29) is 16.5 Å². The maximum atomic E-state index is 11.7. The molecule has 2 N–H and O–H groups in total. The van der Waals surface area contributed by atoms with Crippen molar-refractivity contribution in [2.75, 3.05) is 19.3 Å². The topological polar surface area (TPSA) is 66.4 Å². The number of sulfone groups is 1. The molecular weight excluding hydrogens is 302 g/mol. The van der Waals surface area contributed by atoms with Crippen LogP contribution in [0.2, 0.25) is 0 Å². The van der Waals surface area contributed by atoms with Crippen LogP contribution >= 0.6 is 27.3 Å². The third-order valence-corrected chi connectivity index (χ3v) is 5.71. The smallest absolute Gasteiger partial charge is 0.190 e. The Balaban J connectivity index is 2.76. The van der Waals surface area contributed by atoms with Crippen molar-refractivity contribution < 1.29 is 13.5 Å². The summed E-state index contributed by atoms with van der Waals surface area (Å²) in [6.45, 7) is 0.270. The van der Waals surface area contributed by atoms with Gasteiger partial charge in [0.15, 0.2) is 9.84 Å². The van der Waals surface area contributed by atoms with Gasteiger partial charge in [-0.3, -0.25) is 0 Å². The zero-order valence-corrected chi connectivity index (χ0v) is 11.3. The van der Waals surface area contributed by atoms with Crippen molar-refractivity contribution in [3.63, 3.8) is 0 Å². The van der Waals surface area contributed by atoms with E-state index in [9.17, 15) is 13.5 Å². The number of aliphatic hydroxyl groups excluding tert-OH is 1. The van der Waals surface area contributed by atoms with Crippen LogP contribution in [0.4, 0.5) is 0 Å². The van der Waals surface area contributed by atoms with Crippen molar-refractivity contribution in [3.05, 3.63) is 15.9 Å². The van der Waals surface area contributed by atoms with Crippen LogP contribution in [-0.2, 0) is 9.84 Å². The fourth-order valence-corrected chi connectivity index (χ4v) is 4.58. The molecule has 1 unspecified atom stereocenters. The number of likely N-dealkylation sites (N-methyl/N-ethyl adjacent to an activating group) is 1. The Kier molecular flexibility index (Phi) is 4.72. The molecule has 1 aromatic heterocycles. The number of rotatable bonds is 5. The van der Waals surface area contributed by atoms with Crippen LogP contribution in [0.3, 0.4) is 0 Å². The van der Waals surface area contributed by atoms with Gasteiger partial charge < -0.3 is 10.4 Å². The molecule has 0 fully saturated rings. The quantitative estimate of drug-likeness (QED) is 0.846. The fraction of sp³-hybridized carbons (Fsp3) is 0.500.